The van der Waals surface area contributed by atoms with Crippen LogP contribution >= 0.6 is 11.8 Å². The summed E-state index contributed by atoms with van der Waals surface area (Å²) in [5, 5.41) is 0.936. The molecule has 0 amide bonds. The van der Waals surface area contributed by atoms with E-state index >= 15 is 0 Å². The van der Waals surface area contributed by atoms with Crippen LogP contribution in [0.15, 0.2) is 23.4 Å². The number of hydrogen-bond acceptors (Lipinski definition) is 3. The molecule has 0 saturated heterocycles. The summed E-state index contributed by atoms with van der Waals surface area (Å²) in [6.07, 6.45) is 4.30. The van der Waals surface area contributed by atoms with Gasteiger partial charge in [-0.3, -0.25) is 4.79 Å². The third-order valence-electron chi connectivity index (χ3n) is 1.10. The van der Waals surface area contributed by atoms with E-state index in [2.05, 4.69) is 4.98 Å². The largest absolute Gasteiger partial charge is 0.298 e. The van der Waals surface area contributed by atoms with Gasteiger partial charge in [0.25, 0.3) is 0 Å². The molecule has 3 heteroatoms. The maximum absolute atomic E-state index is 10.2. The Kier molecular flexibility index (Phi) is 2.45. The maximum Gasteiger partial charge on any atom is 0.151 e. The van der Waals surface area contributed by atoms with E-state index in [1.807, 2.05) is 12.3 Å². The molecule has 52 valence electrons. The molecule has 0 spiro atoms. The van der Waals surface area contributed by atoms with E-state index in [-0.39, 0.29) is 0 Å². The number of hydrogen-bond donors (Lipinski definition) is 0. The Balaban J connectivity index is 2.90. The number of carbonyl (C=O) groups excluding carboxylic acids is 1. The zero-order valence-corrected chi connectivity index (χ0v) is 6.39. The van der Waals surface area contributed by atoms with Crippen molar-refractivity contribution in [3.8, 4) is 0 Å². The first-order valence-electron chi connectivity index (χ1n) is 2.82. The number of thioether (sulfide) groups is 1. The number of nitrogens with zero attached hydrogens (tertiary/aromatic N) is 1. The van der Waals surface area contributed by atoms with Crippen molar-refractivity contribution in [2.75, 3.05) is 6.26 Å². The van der Waals surface area contributed by atoms with Crippen LogP contribution in [0.25, 0.3) is 0 Å². The van der Waals surface area contributed by atoms with Crippen molar-refractivity contribution in [2.24, 2.45) is 0 Å². The second-order valence-corrected chi connectivity index (χ2v) is 2.58. The molecule has 2 nitrogen and oxygen atoms in total. The minimum absolute atomic E-state index is 0.623. The van der Waals surface area contributed by atoms with Gasteiger partial charge in [-0.2, -0.15) is 0 Å². The fourth-order valence-electron chi connectivity index (χ4n) is 0.582. The van der Waals surface area contributed by atoms with E-state index in [1.54, 1.807) is 24.0 Å². The molecular weight excluding hydrogens is 146 g/mol. The van der Waals surface area contributed by atoms with Gasteiger partial charge >= 0.3 is 0 Å². The minimum Gasteiger partial charge on any atom is -0.298 e. The predicted molar refractivity (Wildman–Crippen MR) is 41.4 cm³/mol. The predicted octanol–water partition coefficient (Wildman–Crippen LogP) is 1.62. The number of rotatable bonds is 2. The van der Waals surface area contributed by atoms with Crippen molar-refractivity contribution in [1.82, 2.24) is 4.98 Å². The van der Waals surface area contributed by atoms with Gasteiger partial charge in [0, 0.05) is 11.8 Å². The summed E-state index contributed by atoms with van der Waals surface area (Å²) < 4.78 is 0. The Morgan fingerprint density at radius 3 is 2.80 bits per heavy atom. The summed E-state index contributed by atoms with van der Waals surface area (Å²) in [6, 6.07) is 3.58. The highest BCUT2D eigenvalue weighted by Gasteiger charge is 1.90. The molecule has 10 heavy (non-hydrogen) atoms. The summed E-state index contributed by atoms with van der Waals surface area (Å²) in [6.45, 7) is 0. The first kappa shape index (κ1) is 7.28. The van der Waals surface area contributed by atoms with Crippen LogP contribution in [0, 0.1) is 0 Å². The highest BCUT2D eigenvalue weighted by molar-refractivity contribution is 7.98. The van der Waals surface area contributed by atoms with Crippen molar-refractivity contribution < 1.29 is 4.79 Å². The van der Waals surface area contributed by atoms with Crippen LogP contribution in [-0.4, -0.2) is 17.5 Å². The fraction of sp³-hybridized carbons (Fsp3) is 0.143. The molecule has 0 aliphatic heterocycles. The molecule has 0 bridgehead atoms. The van der Waals surface area contributed by atoms with Crippen LogP contribution in [0.3, 0.4) is 0 Å². The summed E-state index contributed by atoms with van der Waals surface area (Å²) >= 11 is 1.56. The smallest absolute Gasteiger partial charge is 0.151 e. The Hall–Kier alpha value is -0.830. The highest BCUT2D eigenvalue weighted by atomic mass is 32.2. The molecule has 0 unspecified atom stereocenters. The van der Waals surface area contributed by atoms with Crippen molar-refractivity contribution in [1.29, 1.82) is 0 Å². The van der Waals surface area contributed by atoms with Gasteiger partial charge in [0.2, 0.25) is 0 Å². The van der Waals surface area contributed by atoms with E-state index in [0.29, 0.717) is 5.56 Å². The van der Waals surface area contributed by atoms with Crippen LogP contribution in [0.1, 0.15) is 10.4 Å². The number of aromatic nitrogens is 1. The van der Waals surface area contributed by atoms with Crippen molar-refractivity contribution in [2.45, 2.75) is 5.03 Å². The molecule has 0 aromatic carbocycles. The molecule has 1 aromatic rings. The average Bonchev–Trinajstić information content (AvgIpc) is 2.05. The maximum atomic E-state index is 10.2. The van der Waals surface area contributed by atoms with Gasteiger partial charge in [-0.05, 0) is 18.4 Å². The van der Waals surface area contributed by atoms with Gasteiger partial charge in [-0.1, -0.05) is 0 Å². The van der Waals surface area contributed by atoms with E-state index in [1.165, 1.54) is 0 Å². The monoisotopic (exact) mass is 153 g/mol. The van der Waals surface area contributed by atoms with Crippen LogP contribution in [-0.2, 0) is 0 Å². The lowest BCUT2D eigenvalue weighted by Gasteiger charge is -1.92. The lowest BCUT2D eigenvalue weighted by Crippen LogP contribution is -1.82. The molecule has 0 aliphatic carbocycles. The molecule has 1 aromatic heterocycles. The molecule has 0 radical (unpaired) electrons. The Morgan fingerprint density at radius 1 is 1.60 bits per heavy atom. The normalized spacial score (nSPS) is 9.30. The van der Waals surface area contributed by atoms with Gasteiger partial charge in [-0.15, -0.1) is 11.8 Å². The van der Waals surface area contributed by atoms with Gasteiger partial charge in [0.1, 0.15) is 0 Å². The lowest BCUT2D eigenvalue weighted by molar-refractivity contribution is 0.112. The molecule has 1 rings (SSSR count). The second kappa shape index (κ2) is 3.37. The number of pyridine rings is 1. The molecule has 0 fully saturated rings. The summed E-state index contributed by atoms with van der Waals surface area (Å²) in [7, 11) is 0. The molecule has 0 N–H and O–H groups in total. The Bertz CT molecular complexity index is 220. The summed E-state index contributed by atoms with van der Waals surface area (Å²) in [5.41, 5.74) is 0.623. The van der Waals surface area contributed by atoms with Gasteiger partial charge in [-0.25, -0.2) is 4.98 Å². The zero-order chi connectivity index (χ0) is 7.40. The standard InChI is InChI=1S/C7H7NOS/c1-10-7-3-2-6(5-9)4-8-7/h2-5H,1H3. The third-order valence-corrected chi connectivity index (χ3v) is 1.76. The quantitative estimate of drug-likeness (QED) is 0.477. The van der Waals surface area contributed by atoms with Gasteiger partial charge in [0.15, 0.2) is 6.29 Å². The van der Waals surface area contributed by atoms with E-state index in [0.717, 1.165) is 11.3 Å². The number of carbonyl (C=O) groups is 1. The van der Waals surface area contributed by atoms with Gasteiger partial charge in [0.05, 0.1) is 5.03 Å². The van der Waals surface area contributed by atoms with E-state index < -0.39 is 0 Å². The van der Waals surface area contributed by atoms with Crippen molar-refractivity contribution in [3.63, 3.8) is 0 Å². The molecule has 0 atom stereocenters. The van der Waals surface area contributed by atoms with Crippen molar-refractivity contribution in [3.05, 3.63) is 23.9 Å². The van der Waals surface area contributed by atoms with E-state index in [9.17, 15) is 4.79 Å². The molecule has 0 aliphatic rings. The van der Waals surface area contributed by atoms with Crippen molar-refractivity contribution >= 4 is 18.0 Å². The zero-order valence-electron chi connectivity index (χ0n) is 5.57. The van der Waals surface area contributed by atoms with E-state index in [4.69, 9.17) is 0 Å². The highest BCUT2D eigenvalue weighted by Crippen LogP contribution is 2.09. The second-order valence-electron chi connectivity index (χ2n) is 1.75. The summed E-state index contributed by atoms with van der Waals surface area (Å²) in [4.78, 5) is 14.2. The van der Waals surface area contributed by atoms with Crippen LogP contribution in [0.4, 0.5) is 0 Å². The van der Waals surface area contributed by atoms with Crippen LogP contribution < -0.4 is 0 Å². The minimum atomic E-state index is 0.623. The number of aldehydes is 1. The first-order chi connectivity index (χ1) is 4.86. The molecule has 1 heterocycles. The Morgan fingerprint density at radius 2 is 2.40 bits per heavy atom. The van der Waals surface area contributed by atoms with Gasteiger partial charge < -0.3 is 0 Å². The average molecular weight is 153 g/mol. The van der Waals surface area contributed by atoms with Crippen LogP contribution in [0.5, 0.6) is 0 Å². The molecule has 0 saturated carbocycles. The topological polar surface area (TPSA) is 30.0 Å². The first-order valence-corrected chi connectivity index (χ1v) is 4.04. The van der Waals surface area contributed by atoms with Crippen LogP contribution in [0.2, 0.25) is 0 Å². The Labute approximate surface area is 63.7 Å². The SMILES string of the molecule is CSc1ccc(C=O)cn1. The fourth-order valence-corrected chi connectivity index (χ4v) is 0.944. The third kappa shape index (κ3) is 1.57. The lowest BCUT2D eigenvalue weighted by atomic mass is 10.3. The summed E-state index contributed by atoms with van der Waals surface area (Å²) in [5.74, 6) is 0. The molecular formula is C7H7NOS.